The Morgan fingerprint density at radius 3 is 1.44 bits per heavy atom. The lowest BCUT2D eigenvalue weighted by molar-refractivity contribution is -0.258. The number of halogens is 6. The van der Waals surface area contributed by atoms with Gasteiger partial charge in [-0.1, -0.05) is 60.2 Å². The Hall–Kier alpha value is -2.32. The first kappa shape index (κ1) is 24.0. The molecule has 2 aliphatic carbocycles. The van der Waals surface area contributed by atoms with Crippen molar-refractivity contribution in [1.29, 1.82) is 0 Å². The highest BCUT2D eigenvalue weighted by Crippen LogP contribution is 2.75. The molecule has 0 nitrogen and oxygen atoms in total. The van der Waals surface area contributed by atoms with Crippen LogP contribution in [0.3, 0.4) is 0 Å². The first-order valence-electron chi connectivity index (χ1n) is 11.3. The molecule has 2 atom stereocenters. The van der Waals surface area contributed by atoms with Crippen molar-refractivity contribution in [2.45, 2.75) is 48.0 Å². The third-order valence-corrected chi connectivity index (χ3v) is 11.1. The second kappa shape index (κ2) is 7.16. The molecular weight excluding hydrogens is 514 g/mol. The minimum Gasteiger partial charge on any atom is -0.194 e. The predicted octanol–water partition coefficient (Wildman–Crippen LogP) is 8.91. The highest BCUT2D eigenvalue weighted by Gasteiger charge is 2.84. The van der Waals surface area contributed by atoms with Crippen LogP contribution >= 0.6 is 23.5 Å². The Morgan fingerprint density at radius 1 is 0.583 bits per heavy atom. The van der Waals surface area contributed by atoms with Crippen molar-refractivity contribution in [3.8, 4) is 0 Å². The molecule has 1 fully saturated rings. The molecule has 2 unspecified atom stereocenters. The van der Waals surface area contributed by atoms with Crippen LogP contribution < -0.4 is 0 Å². The smallest absolute Gasteiger partial charge is 0.194 e. The summed E-state index contributed by atoms with van der Waals surface area (Å²) in [5.74, 6) is -15.6. The summed E-state index contributed by atoms with van der Waals surface area (Å²) < 4.78 is 88.7. The van der Waals surface area contributed by atoms with Crippen LogP contribution in [0.5, 0.6) is 0 Å². The molecule has 2 aromatic rings. The average Bonchev–Trinajstić information content (AvgIpc) is 3.40. The predicted molar refractivity (Wildman–Crippen MR) is 134 cm³/mol. The van der Waals surface area contributed by atoms with Gasteiger partial charge in [0.25, 0.3) is 0 Å². The summed E-state index contributed by atoms with van der Waals surface area (Å²) in [5.41, 5.74) is -0.327. The number of aryl methyl sites for hydroxylation is 1. The minimum atomic E-state index is -5.55. The van der Waals surface area contributed by atoms with Gasteiger partial charge in [-0.25, -0.2) is 0 Å². The van der Waals surface area contributed by atoms with Gasteiger partial charge in [0.2, 0.25) is 0 Å². The number of allylic oxidation sites excluding steroid dienone is 4. The zero-order valence-electron chi connectivity index (χ0n) is 19.4. The number of fused-ring (bicyclic) bond motifs is 4. The Kier molecular flexibility index (Phi) is 4.78. The van der Waals surface area contributed by atoms with Crippen molar-refractivity contribution >= 4 is 33.3 Å². The van der Waals surface area contributed by atoms with Gasteiger partial charge >= 0.3 is 17.8 Å². The summed E-state index contributed by atoms with van der Waals surface area (Å²) in [6, 6.07) is 16.3. The van der Waals surface area contributed by atoms with Crippen molar-refractivity contribution in [2.24, 2.45) is 0 Å². The second-order valence-electron chi connectivity index (χ2n) is 9.82. The minimum absolute atomic E-state index is 0.151. The van der Waals surface area contributed by atoms with E-state index in [4.69, 9.17) is 0 Å². The van der Waals surface area contributed by atoms with E-state index in [0.717, 1.165) is 11.1 Å². The van der Waals surface area contributed by atoms with Gasteiger partial charge in [-0.2, -0.15) is 26.3 Å². The summed E-state index contributed by atoms with van der Waals surface area (Å²) in [6.45, 7) is 5.31. The average molecular weight is 535 g/mol. The number of hydrogen-bond acceptors (Lipinski definition) is 2. The molecule has 186 valence electrons. The number of thioether (sulfide) groups is 2. The van der Waals surface area contributed by atoms with Crippen LogP contribution in [0.25, 0.3) is 9.81 Å². The quantitative estimate of drug-likeness (QED) is 0.353. The first-order valence-corrected chi connectivity index (χ1v) is 13.0. The lowest BCUT2D eigenvalue weighted by Crippen LogP contribution is -2.48. The van der Waals surface area contributed by atoms with Gasteiger partial charge in [-0.3, -0.25) is 0 Å². The summed E-state index contributed by atoms with van der Waals surface area (Å²) in [4.78, 5) is 1.17. The summed E-state index contributed by atoms with van der Waals surface area (Å²) in [7, 11) is 0. The van der Waals surface area contributed by atoms with E-state index < -0.39 is 38.4 Å². The fourth-order valence-electron chi connectivity index (χ4n) is 5.51. The van der Waals surface area contributed by atoms with Crippen LogP contribution in [-0.2, 0) is 0 Å². The van der Waals surface area contributed by atoms with Crippen molar-refractivity contribution in [1.82, 2.24) is 0 Å². The fourth-order valence-corrected chi connectivity index (χ4v) is 8.66. The third kappa shape index (κ3) is 2.72. The SMILES string of the molecule is Cc1ccc(C2=CC3=C4C(=C5C=C(c6ccccc6)SC5(C)C3(C)S2)C(F)(F)C(F)(F)C4(F)F)cc1. The highest BCUT2D eigenvalue weighted by molar-refractivity contribution is 8.14. The second-order valence-corrected chi connectivity index (χ2v) is 12.7. The lowest BCUT2D eigenvalue weighted by atomic mass is 9.71. The van der Waals surface area contributed by atoms with Gasteiger partial charge in [0.05, 0.1) is 9.49 Å². The molecule has 0 N–H and O–H groups in total. The number of hydrogen-bond donors (Lipinski definition) is 0. The molecule has 0 radical (unpaired) electrons. The number of benzene rings is 2. The van der Waals surface area contributed by atoms with Crippen LogP contribution in [0.1, 0.15) is 30.5 Å². The normalized spacial score (nSPS) is 31.1. The molecule has 0 bridgehead atoms. The van der Waals surface area contributed by atoms with E-state index in [9.17, 15) is 8.78 Å². The summed E-state index contributed by atoms with van der Waals surface area (Å²) in [5, 5.41) is 0. The molecule has 1 saturated carbocycles. The molecule has 8 heteroatoms. The molecule has 2 aliphatic heterocycles. The molecule has 36 heavy (non-hydrogen) atoms. The molecule has 0 saturated heterocycles. The first-order chi connectivity index (χ1) is 16.8. The molecular formula is C28H20F6S2. The molecule has 6 rings (SSSR count). The Bertz CT molecular complexity index is 1430. The Balaban J connectivity index is 1.66. The Morgan fingerprint density at radius 2 is 1.00 bits per heavy atom. The number of rotatable bonds is 2. The van der Waals surface area contributed by atoms with Crippen LogP contribution in [0, 0.1) is 6.92 Å². The van der Waals surface area contributed by atoms with E-state index in [-0.39, 0.29) is 11.1 Å². The highest BCUT2D eigenvalue weighted by atomic mass is 32.2. The van der Waals surface area contributed by atoms with E-state index >= 15 is 17.6 Å². The van der Waals surface area contributed by atoms with Gasteiger partial charge in [0.15, 0.2) is 0 Å². The molecule has 2 aromatic carbocycles. The lowest BCUT2D eigenvalue weighted by Gasteiger charge is -2.47. The topological polar surface area (TPSA) is 0 Å². The largest absolute Gasteiger partial charge is 0.380 e. The summed E-state index contributed by atoms with van der Waals surface area (Å²) >= 11 is 2.54. The molecule has 0 amide bonds. The van der Waals surface area contributed by atoms with E-state index in [1.165, 1.54) is 35.7 Å². The molecule has 0 aromatic heterocycles. The molecule has 4 aliphatic rings. The van der Waals surface area contributed by atoms with Gasteiger partial charge in [0, 0.05) is 21.0 Å². The van der Waals surface area contributed by atoms with Crippen molar-refractivity contribution < 1.29 is 26.3 Å². The van der Waals surface area contributed by atoms with Gasteiger partial charge < -0.3 is 0 Å². The van der Waals surface area contributed by atoms with Gasteiger partial charge in [-0.05, 0) is 55.2 Å². The monoisotopic (exact) mass is 534 g/mol. The maximum absolute atomic E-state index is 15.4. The van der Waals surface area contributed by atoms with E-state index in [1.54, 1.807) is 44.2 Å². The third-order valence-electron chi connectivity index (χ3n) is 7.72. The number of alkyl halides is 6. The van der Waals surface area contributed by atoms with Crippen LogP contribution in [-0.4, -0.2) is 27.3 Å². The fraction of sp³-hybridized carbons (Fsp3) is 0.286. The standard InChI is InChI=1S/C28H20F6S2/c1-15-9-11-17(12-10-15)21-14-19-23-22(26(29,30)28(33,34)27(23,31)32)18-13-20(16-7-5-4-6-8-16)35-24(18,2)25(19,3)36-21/h4-14H,1-3H3. The maximum atomic E-state index is 15.4. The summed E-state index contributed by atoms with van der Waals surface area (Å²) in [6.07, 6.45) is 2.83. The maximum Gasteiger partial charge on any atom is 0.380 e. The van der Waals surface area contributed by atoms with E-state index in [1.807, 2.05) is 31.2 Å². The molecule has 2 heterocycles. The van der Waals surface area contributed by atoms with Crippen molar-refractivity contribution in [2.75, 3.05) is 0 Å². The van der Waals surface area contributed by atoms with E-state index in [0.29, 0.717) is 15.4 Å². The van der Waals surface area contributed by atoms with Crippen LogP contribution in [0.15, 0.2) is 89.0 Å². The Labute approximate surface area is 213 Å². The van der Waals surface area contributed by atoms with E-state index in [2.05, 4.69) is 0 Å². The van der Waals surface area contributed by atoms with Crippen molar-refractivity contribution in [3.05, 3.63) is 106 Å². The molecule has 0 spiro atoms. The van der Waals surface area contributed by atoms with Crippen molar-refractivity contribution in [3.63, 3.8) is 0 Å². The zero-order chi connectivity index (χ0) is 25.9. The van der Waals surface area contributed by atoms with Crippen LogP contribution in [0.2, 0.25) is 0 Å². The van der Waals surface area contributed by atoms with Gasteiger partial charge in [-0.15, -0.1) is 23.5 Å². The van der Waals surface area contributed by atoms with Crippen LogP contribution in [0.4, 0.5) is 26.3 Å². The zero-order valence-corrected chi connectivity index (χ0v) is 21.1. The van der Waals surface area contributed by atoms with Gasteiger partial charge in [0.1, 0.15) is 0 Å².